The molecule has 0 spiro atoms. The second-order valence-electron chi connectivity index (χ2n) is 4.03. The van der Waals surface area contributed by atoms with Crippen LogP contribution in [-0.4, -0.2) is 37.1 Å². The minimum atomic E-state index is -0.189. The number of nitrogens with one attached hydrogen (secondary N) is 2. The Bertz CT molecular complexity index is 422. The van der Waals surface area contributed by atoms with Crippen molar-refractivity contribution in [3.63, 3.8) is 0 Å². The first-order chi connectivity index (χ1) is 9.06. The summed E-state index contributed by atoms with van der Waals surface area (Å²) in [4.78, 5) is 14.0. The predicted molar refractivity (Wildman–Crippen MR) is 86.7 cm³/mol. The lowest BCUT2D eigenvalue weighted by Gasteiger charge is -2.18. The van der Waals surface area contributed by atoms with Crippen LogP contribution in [0.3, 0.4) is 0 Å². The summed E-state index contributed by atoms with van der Waals surface area (Å²) in [5.41, 5.74) is 0.745. The zero-order chi connectivity index (χ0) is 14.3. The van der Waals surface area contributed by atoms with Crippen molar-refractivity contribution in [3.8, 4) is 0 Å². The molecule has 0 aliphatic rings. The number of nitrogens with zero attached hydrogens (tertiary/aromatic N) is 1. The van der Waals surface area contributed by atoms with Gasteiger partial charge in [-0.3, -0.25) is 0 Å². The Labute approximate surface area is 131 Å². The van der Waals surface area contributed by atoms with Gasteiger partial charge in [-0.1, -0.05) is 29.8 Å². The Morgan fingerprint density at radius 2 is 1.95 bits per heavy atom. The number of benzene rings is 1. The van der Waals surface area contributed by atoms with Crippen molar-refractivity contribution in [3.05, 3.63) is 27.1 Å². The highest BCUT2D eigenvalue weighted by molar-refractivity contribution is 9.11. The highest BCUT2D eigenvalue weighted by atomic mass is 79.9. The van der Waals surface area contributed by atoms with E-state index in [0.717, 1.165) is 34.3 Å². The first-order valence-corrected chi connectivity index (χ1v) is 7.87. The maximum Gasteiger partial charge on any atom is 0.319 e. The van der Waals surface area contributed by atoms with E-state index in [0.29, 0.717) is 6.54 Å². The van der Waals surface area contributed by atoms with Gasteiger partial charge in [-0.15, -0.1) is 0 Å². The van der Waals surface area contributed by atoms with Crippen molar-refractivity contribution in [1.29, 1.82) is 0 Å². The van der Waals surface area contributed by atoms with Crippen molar-refractivity contribution in [2.45, 2.75) is 13.8 Å². The molecular weight excluding hydrogens is 374 g/mol. The molecule has 0 saturated carbocycles. The molecule has 0 heterocycles. The maximum atomic E-state index is 11.8. The fraction of sp³-hybridized carbons (Fsp3) is 0.462. The Balaban J connectivity index is 2.41. The summed E-state index contributed by atoms with van der Waals surface area (Å²) in [5.74, 6) is 0. The molecule has 0 fully saturated rings. The fourth-order valence-electron chi connectivity index (χ4n) is 1.63. The lowest BCUT2D eigenvalue weighted by atomic mass is 10.3. The van der Waals surface area contributed by atoms with Crippen LogP contribution in [0.25, 0.3) is 0 Å². The van der Waals surface area contributed by atoms with E-state index < -0.39 is 0 Å². The molecule has 1 aromatic rings. The second kappa shape index (κ2) is 8.55. The lowest BCUT2D eigenvalue weighted by molar-refractivity contribution is 0.248. The molecule has 0 saturated heterocycles. The van der Waals surface area contributed by atoms with Gasteiger partial charge in [-0.05, 0) is 47.2 Å². The molecule has 0 atom stereocenters. The first kappa shape index (κ1) is 16.5. The minimum Gasteiger partial charge on any atom is -0.337 e. The number of anilines is 1. The molecule has 0 aliphatic carbocycles. The van der Waals surface area contributed by atoms with Gasteiger partial charge in [0.05, 0.1) is 5.69 Å². The zero-order valence-electron chi connectivity index (χ0n) is 11.2. The van der Waals surface area contributed by atoms with Crippen LogP contribution in [0.4, 0.5) is 10.5 Å². The van der Waals surface area contributed by atoms with Crippen molar-refractivity contribution >= 4 is 43.6 Å². The van der Waals surface area contributed by atoms with Crippen molar-refractivity contribution < 1.29 is 4.79 Å². The molecule has 2 amide bonds. The van der Waals surface area contributed by atoms with E-state index in [4.69, 9.17) is 0 Å². The van der Waals surface area contributed by atoms with Crippen molar-refractivity contribution in [1.82, 2.24) is 10.2 Å². The van der Waals surface area contributed by atoms with Crippen LogP contribution in [-0.2, 0) is 0 Å². The summed E-state index contributed by atoms with van der Waals surface area (Å²) >= 11 is 6.78. The van der Waals surface area contributed by atoms with Gasteiger partial charge in [0.15, 0.2) is 0 Å². The van der Waals surface area contributed by atoms with Crippen molar-refractivity contribution in [2.24, 2.45) is 0 Å². The van der Waals surface area contributed by atoms with Gasteiger partial charge in [-0.25, -0.2) is 4.79 Å². The summed E-state index contributed by atoms with van der Waals surface area (Å²) in [7, 11) is 0. The van der Waals surface area contributed by atoms with Gasteiger partial charge in [0.2, 0.25) is 0 Å². The van der Waals surface area contributed by atoms with Crippen LogP contribution >= 0.6 is 31.9 Å². The summed E-state index contributed by atoms with van der Waals surface area (Å²) in [6, 6.07) is 5.46. The van der Waals surface area contributed by atoms with E-state index in [1.54, 1.807) is 0 Å². The fourth-order valence-corrected chi connectivity index (χ4v) is 2.33. The topological polar surface area (TPSA) is 44.4 Å². The number of likely N-dealkylation sites (N-methyl/N-ethyl adjacent to an activating group) is 1. The van der Waals surface area contributed by atoms with Gasteiger partial charge in [0, 0.05) is 22.0 Å². The molecule has 1 aromatic carbocycles. The summed E-state index contributed by atoms with van der Waals surface area (Å²) < 4.78 is 1.78. The third-order valence-electron chi connectivity index (χ3n) is 2.78. The number of carbonyl (C=O) groups is 1. The first-order valence-electron chi connectivity index (χ1n) is 6.29. The molecule has 106 valence electrons. The maximum absolute atomic E-state index is 11.8. The molecule has 1 rings (SSSR count). The molecule has 0 radical (unpaired) electrons. The van der Waals surface area contributed by atoms with Crippen LogP contribution in [0.15, 0.2) is 27.1 Å². The van der Waals surface area contributed by atoms with Crippen LogP contribution in [0, 0.1) is 0 Å². The Hall–Kier alpha value is -0.590. The van der Waals surface area contributed by atoms with E-state index in [-0.39, 0.29) is 6.03 Å². The van der Waals surface area contributed by atoms with Crippen LogP contribution in [0.5, 0.6) is 0 Å². The highest BCUT2D eigenvalue weighted by Gasteiger charge is 2.06. The third-order valence-corrected chi connectivity index (χ3v) is 3.97. The molecule has 0 bridgehead atoms. The van der Waals surface area contributed by atoms with Gasteiger partial charge < -0.3 is 15.5 Å². The van der Waals surface area contributed by atoms with Crippen LogP contribution in [0.2, 0.25) is 0 Å². The summed E-state index contributed by atoms with van der Waals surface area (Å²) in [5, 5.41) is 5.66. The summed E-state index contributed by atoms with van der Waals surface area (Å²) in [6.45, 7) is 7.72. The number of urea groups is 1. The number of amides is 2. The van der Waals surface area contributed by atoms with Crippen LogP contribution < -0.4 is 10.6 Å². The number of halogens is 2. The smallest absolute Gasteiger partial charge is 0.319 e. The molecule has 2 N–H and O–H groups in total. The minimum absolute atomic E-state index is 0.189. The van der Waals surface area contributed by atoms with Gasteiger partial charge in [0.25, 0.3) is 0 Å². The Morgan fingerprint density at radius 3 is 2.58 bits per heavy atom. The molecule has 6 heteroatoms. The molecule has 0 aromatic heterocycles. The van der Waals surface area contributed by atoms with E-state index in [1.807, 2.05) is 18.2 Å². The van der Waals surface area contributed by atoms with Crippen molar-refractivity contribution in [2.75, 3.05) is 31.5 Å². The standard InChI is InChI=1S/C13H19Br2N3O/c1-3-18(4-2)8-7-16-13(19)17-12-9-10(14)5-6-11(12)15/h5-6,9H,3-4,7-8H2,1-2H3,(H2,16,17,19). The average molecular weight is 393 g/mol. The average Bonchev–Trinajstić information content (AvgIpc) is 2.39. The van der Waals surface area contributed by atoms with E-state index in [9.17, 15) is 4.79 Å². The normalized spacial score (nSPS) is 10.6. The van der Waals surface area contributed by atoms with E-state index in [2.05, 4.69) is 61.2 Å². The third kappa shape index (κ3) is 5.93. The summed E-state index contributed by atoms with van der Waals surface area (Å²) in [6.07, 6.45) is 0. The van der Waals surface area contributed by atoms with E-state index >= 15 is 0 Å². The van der Waals surface area contributed by atoms with Gasteiger partial charge in [0.1, 0.15) is 0 Å². The molecule has 19 heavy (non-hydrogen) atoms. The highest BCUT2D eigenvalue weighted by Crippen LogP contribution is 2.25. The monoisotopic (exact) mass is 391 g/mol. The number of hydrogen-bond acceptors (Lipinski definition) is 2. The van der Waals surface area contributed by atoms with Gasteiger partial charge >= 0.3 is 6.03 Å². The molecule has 0 unspecified atom stereocenters. The molecule has 4 nitrogen and oxygen atoms in total. The number of rotatable bonds is 6. The molecular formula is C13H19Br2N3O. The second-order valence-corrected chi connectivity index (χ2v) is 5.80. The quantitative estimate of drug-likeness (QED) is 0.775. The predicted octanol–water partition coefficient (Wildman–Crippen LogP) is 3.67. The zero-order valence-corrected chi connectivity index (χ0v) is 14.3. The van der Waals surface area contributed by atoms with E-state index in [1.165, 1.54) is 0 Å². The Morgan fingerprint density at radius 1 is 1.26 bits per heavy atom. The van der Waals surface area contributed by atoms with Crippen LogP contribution in [0.1, 0.15) is 13.8 Å². The lowest BCUT2D eigenvalue weighted by Crippen LogP contribution is -2.36. The largest absolute Gasteiger partial charge is 0.337 e. The number of carbonyl (C=O) groups excluding carboxylic acids is 1. The molecule has 0 aliphatic heterocycles. The number of hydrogen-bond donors (Lipinski definition) is 2. The Kier molecular flexibility index (Phi) is 7.41. The SMILES string of the molecule is CCN(CC)CCNC(=O)Nc1cc(Br)ccc1Br. The van der Waals surface area contributed by atoms with Gasteiger partial charge in [-0.2, -0.15) is 0 Å².